The van der Waals surface area contributed by atoms with Gasteiger partial charge in [-0.15, -0.1) is 0 Å². The van der Waals surface area contributed by atoms with Gasteiger partial charge in [-0.05, 0) is 12.1 Å². The number of hydrogen-bond donors (Lipinski definition) is 2. The summed E-state index contributed by atoms with van der Waals surface area (Å²) in [6.07, 6.45) is 0. The van der Waals surface area contributed by atoms with E-state index in [0.29, 0.717) is 6.61 Å². The van der Waals surface area contributed by atoms with Crippen molar-refractivity contribution in [1.82, 2.24) is 5.32 Å². The summed E-state index contributed by atoms with van der Waals surface area (Å²) in [5.74, 6) is 0.748. The number of guanidine groups is 1. The van der Waals surface area contributed by atoms with Crippen molar-refractivity contribution in [1.29, 1.82) is 0 Å². The van der Waals surface area contributed by atoms with E-state index in [2.05, 4.69) is 15.6 Å². The van der Waals surface area contributed by atoms with Crippen LogP contribution < -0.4 is 10.6 Å². The van der Waals surface area contributed by atoms with Gasteiger partial charge in [0.25, 0.3) is 0 Å². The normalized spacial score (nSPS) is 11.2. The fourth-order valence-electron chi connectivity index (χ4n) is 1.11. The molecule has 4 heteroatoms. The number of rotatable bonds is 4. The number of aliphatic imine (C=N–C) groups is 1. The van der Waals surface area contributed by atoms with Crippen molar-refractivity contribution in [2.24, 2.45) is 4.99 Å². The Labute approximate surface area is 90.4 Å². The van der Waals surface area contributed by atoms with Gasteiger partial charge in [-0.2, -0.15) is 0 Å². The van der Waals surface area contributed by atoms with Crippen LogP contribution in [0, 0.1) is 0 Å². The number of ether oxygens (including phenoxy) is 1. The van der Waals surface area contributed by atoms with E-state index in [9.17, 15) is 0 Å². The van der Waals surface area contributed by atoms with Crippen LogP contribution in [0.1, 0.15) is 0 Å². The minimum absolute atomic E-state index is 0.662. The minimum Gasteiger partial charge on any atom is -0.383 e. The second-order valence-corrected chi connectivity index (χ2v) is 2.98. The molecule has 1 aromatic rings. The van der Waals surface area contributed by atoms with Crippen molar-refractivity contribution < 1.29 is 4.74 Å². The maximum absolute atomic E-state index is 4.94. The van der Waals surface area contributed by atoms with Crippen molar-refractivity contribution >= 4 is 11.6 Å². The Morgan fingerprint density at radius 3 is 2.67 bits per heavy atom. The van der Waals surface area contributed by atoms with E-state index in [4.69, 9.17) is 4.74 Å². The van der Waals surface area contributed by atoms with E-state index >= 15 is 0 Å². The van der Waals surface area contributed by atoms with Crippen LogP contribution >= 0.6 is 0 Å². The first kappa shape index (κ1) is 11.5. The van der Waals surface area contributed by atoms with E-state index in [0.717, 1.165) is 18.2 Å². The number of benzene rings is 1. The molecule has 1 rings (SSSR count). The molecule has 0 aliphatic heterocycles. The average molecular weight is 207 g/mol. The highest BCUT2D eigenvalue weighted by Gasteiger charge is 1.96. The summed E-state index contributed by atoms with van der Waals surface area (Å²) >= 11 is 0. The minimum atomic E-state index is 0.662. The monoisotopic (exact) mass is 207 g/mol. The van der Waals surface area contributed by atoms with Crippen LogP contribution in [0.5, 0.6) is 0 Å². The molecule has 1 aromatic carbocycles. The maximum atomic E-state index is 4.94. The lowest BCUT2D eigenvalue weighted by Gasteiger charge is -2.10. The largest absolute Gasteiger partial charge is 0.383 e. The van der Waals surface area contributed by atoms with Gasteiger partial charge in [0.05, 0.1) is 6.61 Å². The zero-order valence-electron chi connectivity index (χ0n) is 9.16. The van der Waals surface area contributed by atoms with Gasteiger partial charge in [0, 0.05) is 26.4 Å². The van der Waals surface area contributed by atoms with Crippen LogP contribution in [-0.2, 0) is 4.74 Å². The number of methoxy groups -OCH3 is 1. The Bertz CT molecular complexity index is 298. The Balaban J connectivity index is 2.41. The lowest BCUT2D eigenvalue weighted by molar-refractivity contribution is 0.204. The molecule has 0 fully saturated rings. The van der Waals surface area contributed by atoms with E-state index < -0.39 is 0 Å². The zero-order chi connectivity index (χ0) is 10.9. The summed E-state index contributed by atoms with van der Waals surface area (Å²) in [4.78, 5) is 4.09. The SMILES string of the molecule is CN=C(NCCOC)Nc1ccccc1. The molecular formula is C11H17N3O. The second kappa shape index (κ2) is 6.84. The molecular weight excluding hydrogens is 190 g/mol. The van der Waals surface area contributed by atoms with Gasteiger partial charge < -0.3 is 15.4 Å². The number of anilines is 1. The molecule has 0 aromatic heterocycles. The summed E-state index contributed by atoms with van der Waals surface area (Å²) in [6.45, 7) is 1.40. The highest BCUT2D eigenvalue weighted by atomic mass is 16.5. The van der Waals surface area contributed by atoms with E-state index in [-0.39, 0.29) is 0 Å². The lowest BCUT2D eigenvalue weighted by Crippen LogP contribution is -2.33. The molecule has 0 radical (unpaired) electrons. The second-order valence-electron chi connectivity index (χ2n) is 2.98. The third-order valence-electron chi connectivity index (χ3n) is 1.86. The van der Waals surface area contributed by atoms with Crippen molar-refractivity contribution in [3.05, 3.63) is 30.3 Å². The summed E-state index contributed by atoms with van der Waals surface area (Å²) < 4.78 is 4.94. The quantitative estimate of drug-likeness (QED) is 0.444. The van der Waals surface area contributed by atoms with E-state index in [1.54, 1.807) is 14.2 Å². The third-order valence-corrected chi connectivity index (χ3v) is 1.86. The van der Waals surface area contributed by atoms with Gasteiger partial charge in [0.2, 0.25) is 0 Å². The van der Waals surface area contributed by atoms with Crippen LogP contribution in [-0.4, -0.2) is 33.3 Å². The Kier molecular flexibility index (Phi) is 5.25. The topological polar surface area (TPSA) is 45.7 Å². The molecule has 0 heterocycles. The van der Waals surface area contributed by atoms with Gasteiger partial charge in [0.15, 0.2) is 5.96 Å². The van der Waals surface area contributed by atoms with Gasteiger partial charge in [-0.25, -0.2) is 0 Å². The lowest BCUT2D eigenvalue weighted by atomic mass is 10.3. The molecule has 0 aliphatic rings. The molecule has 2 N–H and O–H groups in total. The molecule has 4 nitrogen and oxygen atoms in total. The summed E-state index contributed by atoms with van der Waals surface area (Å²) in [5.41, 5.74) is 1.02. The first-order valence-electron chi connectivity index (χ1n) is 4.88. The van der Waals surface area contributed by atoms with Crippen molar-refractivity contribution in [3.8, 4) is 0 Å². The number of hydrogen-bond acceptors (Lipinski definition) is 2. The molecule has 0 unspecified atom stereocenters. The molecule has 0 aliphatic carbocycles. The number of nitrogens with one attached hydrogen (secondary N) is 2. The van der Waals surface area contributed by atoms with Crippen molar-refractivity contribution in [2.45, 2.75) is 0 Å². The molecule has 0 spiro atoms. The van der Waals surface area contributed by atoms with Gasteiger partial charge >= 0.3 is 0 Å². The van der Waals surface area contributed by atoms with Crippen LogP contribution in [0.3, 0.4) is 0 Å². The van der Waals surface area contributed by atoms with Crippen LogP contribution in [0.15, 0.2) is 35.3 Å². The highest BCUT2D eigenvalue weighted by Crippen LogP contribution is 2.03. The first-order valence-corrected chi connectivity index (χ1v) is 4.88. The molecule has 0 atom stereocenters. The summed E-state index contributed by atoms with van der Waals surface area (Å²) in [6, 6.07) is 9.91. The molecule has 0 bridgehead atoms. The van der Waals surface area contributed by atoms with Crippen molar-refractivity contribution in [2.75, 3.05) is 32.6 Å². The van der Waals surface area contributed by atoms with Crippen molar-refractivity contribution in [3.63, 3.8) is 0 Å². The van der Waals surface area contributed by atoms with E-state index in [1.165, 1.54) is 0 Å². The predicted molar refractivity (Wildman–Crippen MR) is 63.3 cm³/mol. The van der Waals surface area contributed by atoms with Crippen LogP contribution in [0.4, 0.5) is 5.69 Å². The first-order chi connectivity index (χ1) is 7.36. The molecule has 82 valence electrons. The Hall–Kier alpha value is -1.55. The average Bonchev–Trinajstić information content (AvgIpc) is 2.29. The van der Waals surface area contributed by atoms with Gasteiger partial charge in [0.1, 0.15) is 0 Å². The highest BCUT2D eigenvalue weighted by molar-refractivity contribution is 5.93. The van der Waals surface area contributed by atoms with Crippen LogP contribution in [0.25, 0.3) is 0 Å². The van der Waals surface area contributed by atoms with Crippen LogP contribution in [0.2, 0.25) is 0 Å². The van der Waals surface area contributed by atoms with Gasteiger partial charge in [-0.3, -0.25) is 4.99 Å². The molecule has 0 saturated heterocycles. The maximum Gasteiger partial charge on any atom is 0.195 e. The Morgan fingerprint density at radius 1 is 1.33 bits per heavy atom. The fraction of sp³-hybridized carbons (Fsp3) is 0.364. The molecule has 0 amide bonds. The predicted octanol–water partition coefficient (Wildman–Crippen LogP) is 1.32. The smallest absolute Gasteiger partial charge is 0.195 e. The number of nitrogens with zero attached hydrogens (tertiary/aromatic N) is 1. The molecule has 15 heavy (non-hydrogen) atoms. The molecule has 0 saturated carbocycles. The Morgan fingerprint density at radius 2 is 2.07 bits per heavy atom. The number of para-hydroxylation sites is 1. The summed E-state index contributed by atoms with van der Waals surface area (Å²) in [7, 11) is 3.42. The van der Waals surface area contributed by atoms with Gasteiger partial charge in [-0.1, -0.05) is 18.2 Å². The standard InChI is InChI=1S/C11H17N3O/c1-12-11(13-8-9-15-2)14-10-6-4-3-5-7-10/h3-7H,8-9H2,1-2H3,(H2,12,13,14). The summed E-state index contributed by atoms with van der Waals surface area (Å²) in [5, 5.41) is 6.30. The van der Waals surface area contributed by atoms with E-state index in [1.807, 2.05) is 30.3 Å². The third kappa shape index (κ3) is 4.46. The fourth-order valence-corrected chi connectivity index (χ4v) is 1.11. The zero-order valence-corrected chi connectivity index (χ0v) is 9.16.